The van der Waals surface area contributed by atoms with Gasteiger partial charge in [0.1, 0.15) is 5.82 Å². The van der Waals surface area contributed by atoms with Crippen molar-refractivity contribution in [3.8, 4) is 0 Å². The number of aromatic nitrogens is 1. The number of thioether (sulfide) groups is 1. The maximum absolute atomic E-state index is 13.2. The van der Waals surface area contributed by atoms with Gasteiger partial charge in [0.15, 0.2) is 16.8 Å². The first kappa shape index (κ1) is 20.9. The monoisotopic (exact) mass is 437 g/mol. The fourth-order valence-corrected chi connectivity index (χ4v) is 3.74. The topological polar surface area (TPSA) is 71.1 Å². The molecule has 0 spiro atoms. The number of nitrogens with one attached hydrogen (secondary N) is 2. The fraction of sp³-hybridized carbons (Fsp3) is 0.105. The van der Waals surface area contributed by atoms with Gasteiger partial charge < -0.3 is 5.32 Å². The van der Waals surface area contributed by atoms with E-state index in [1.807, 2.05) is 0 Å². The van der Waals surface area contributed by atoms with Crippen molar-refractivity contribution in [1.82, 2.24) is 4.98 Å². The van der Waals surface area contributed by atoms with Crippen molar-refractivity contribution in [3.63, 3.8) is 0 Å². The van der Waals surface area contributed by atoms with Gasteiger partial charge in [-0.2, -0.15) is 0 Å². The highest BCUT2D eigenvalue weighted by Crippen LogP contribution is 2.21. The van der Waals surface area contributed by atoms with Crippen LogP contribution in [0.15, 0.2) is 47.8 Å². The number of amides is 2. The van der Waals surface area contributed by atoms with Gasteiger partial charge in [-0.1, -0.05) is 0 Å². The molecule has 10 heteroatoms. The summed E-state index contributed by atoms with van der Waals surface area (Å²) in [6, 6.07) is 8.33. The normalized spacial score (nSPS) is 10.6. The van der Waals surface area contributed by atoms with E-state index < -0.39 is 17.5 Å². The molecule has 0 radical (unpaired) electrons. The summed E-state index contributed by atoms with van der Waals surface area (Å²) in [5.74, 6) is -2.74. The lowest BCUT2D eigenvalue weighted by atomic mass is 10.2. The predicted octanol–water partition coefficient (Wildman–Crippen LogP) is 4.68. The maximum Gasteiger partial charge on any atom is 0.257 e. The van der Waals surface area contributed by atoms with E-state index in [9.17, 15) is 22.8 Å². The molecule has 0 saturated heterocycles. The second-order valence-electron chi connectivity index (χ2n) is 5.77. The van der Waals surface area contributed by atoms with Gasteiger partial charge in [0.2, 0.25) is 5.91 Å². The van der Waals surface area contributed by atoms with Gasteiger partial charge in [-0.25, -0.2) is 18.2 Å². The summed E-state index contributed by atoms with van der Waals surface area (Å²) in [4.78, 5) is 28.2. The number of anilines is 2. The highest BCUT2D eigenvalue weighted by molar-refractivity contribution is 7.99. The molecule has 0 unspecified atom stereocenters. The number of hydrogen-bond acceptors (Lipinski definition) is 5. The van der Waals surface area contributed by atoms with Crippen LogP contribution in [-0.4, -0.2) is 22.6 Å². The van der Waals surface area contributed by atoms with Crippen LogP contribution in [0.2, 0.25) is 0 Å². The fourth-order valence-electron chi connectivity index (χ4n) is 2.22. The van der Waals surface area contributed by atoms with E-state index in [0.717, 1.165) is 12.1 Å². The van der Waals surface area contributed by atoms with Crippen molar-refractivity contribution in [1.29, 1.82) is 0 Å². The Morgan fingerprint density at radius 1 is 1.00 bits per heavy atom. The Kier molecular flexibility index (Phi) is 6.89. The second kappa shape index (κ2) is 9.57. The van der Waals surface area contributed by atoms with Crippen molar-refractivity contribution >= 4 is 45.7 Å². The Bertz CT molecular complexity index is 1030. The van der Waals surface area contributed by atoms with Gasteiger partial charge >= 0.3 is 0 Å². The summed E-state index contributed by atoms with van der Waals surface area (Å²) in [5, 5.41) is 7.22. The summed E-state index contributed by atoms with van der Waals surface area (Å²) in [5.41, 5.74) is 1.15. The van der Waals surface area contributed by atoms with Crippen LogP contribution in [0.1, 0.15) is 16.1 Å². The number of benzene rings is 2. The average molecular weight is 437 g/mol. The van der Waals surface area contributed by atoms with Crippen LogP contribution >= 0.6 is 23.1 Å². The molecule has 5 nitrogen and oxygen atoms in total. The largest absolute Gasteiger partial charge is 0.325 e. The predicted molar refractivity (Wildman–Crippen MR) is 108 cm³/mol. The summed E-state index contributed by atoms with van der Waals surface area (Å²) >= 11 is 2.51. The van der Waals surface area contributed by atoms with Crippen LogP contribution in [0.4, 0.5) is 24.0 Å². The van der Waals surface area contributed by atoms with E-state index in [0.29, 0.717) is 22.3 Å². The zero-order chi connectivity index (χ0) is 20.8. The molecule has 3 rings (SSSR count). The Labute approximate surface area is 172 Å². The van der Waals surface area contributed by atoms with Crippen LogP contribution in [0.3, 0.4) is 0 Å². The van der Waals surface area contributed by atoms with Gasteiger partial charge in [0.25, 0.3) is 5.91 Å². The van der Waals surface area contributed by atoms with Gasteiger partial charge in [0.05, 0.1) is 11.4 Å². The molecule has 150 valence electrons. The highest BCUT2D eigenvalue weighted by atomic mass is 32.2. The molecular formula is C19H14F3N3O2S2. The summed E-state index contributed by atoms with van der Waals surface area (Å²) in [7, 11) is 0. The first-order valence-electron chi connectivity index (χ1n) is 8.24. The minimum absolute atomic E-state index is 0.0208. The number of carbonyl (C=O) groups is 2. The molecule has 0 bridgehead atoms. The number of halogens is 3. The third-order valence-corrected chi connectivity index (χ3v) is 5.34. The van der Waals surface area contributed by atoms with Crippen molar-refractivity contribution in [2.45, 2.75) is 5.75 Å². The van der Waals surface area contributed by atoms with Gasteiger partial charge in [-0.3, -0.25) is 14.9 Å². The van der Waals surface area contributed by atoms with Crippen molar-refractivity contribution < 1.29 is 22.8 Å². The minimum Gasteiger partial charge on any atom is -0.325 e. The molecule has 0 aliphatic heterocycles. The second-order valence-corrected chi connectivity index (χ2v) is 7.62. The van der Waals surface area contributed by atoms with Crippen LogP contribution in [-0.2, 0) is 10.5 Å². The lowest BCUT2D eigenvalue weighted by molar-refractivity contribution is -0.113. The van der Waals surface area contributed by atoms with Gasteiger partial charge in [-0.15, -0.1) is 23.1 Å². The third-order valence-electron chi connectivity index (χ3n) is 3.57. The zero-order valence-corrected chi connectivity index (χ0v) is 16.4. The molecule has 2 aromatic carbocycles. The number of rotatable bonds is 7. The van der Waals surface area contributed by atoms with E-state index in [-0.39, 0.29) is 23.0 Å². The quantitative estimate of drug-likeness (QED) is 0.563. The number of nitrogens with zero attached hydrogens (tertiary/aromatic N) is 1. The lowest BCUT2D eigenvalue weighted by Crippen LogP contribution is -2.14. The minimum atomic E-state index is -1.10. The molecule has 0 aliphatic rings. The highest BCUT2D eigenvalue weighted by Gasteiger charge is 2.12. The van der Waals surface area contributed by atoms with Crippen LogP contribution in [0, 0.1) is 17.5 Å². The average Bonchev–Trinajstić information content (AvgIpc) is 3.13. The molecular weight excluding hydrogens is 423 g/mol. The molecule has 0 saturated carbocycles. The standard InChI is InChI=1S/C19H14F3N3O2S2/c20-12-2-4-13(5-3-12)23-17(26)10-28-8-14-9-29-19(24-14)25-18(27)11-1-6-15(21)16(22)7-11/h1-7,9H,8,10H2,(H,23,26)(H,24,25,27). The summed E-state index contributed by atoms with van der Waals surface area (Å²) < 4.78 is 39.0. The molecule has 1 heterocycles. The first-order valence-corrected chi connectivity index (χ1v) is 10.3. The number of thiazole rings is 1. The Balaban J connectivity index is 1.46. The van der Waals surface area contributed by atoms with E-state index >= 15 is 0 Å². The van der Waals surface area contributed by atoms with Gasteiger partial charge in [0, 0.05) is 22.4 Å². The Morgan fingerprint density at radius 2 is 1.76 bits per heavy atom. The van der Waals surface area contributed by atoms with E-state index in [2.05, 4.69) is 15.6 Å². The van der Waals surface area contributed by atoms with Crippen molar-refractivity contribution in [3.05, 3.63) is 76.6 Å². The van der Waals surface area contributed by atoms with Crippen LogP contribution in [0.5, 0.6) is 0 Å². The molecule has 0 fully saturated rings. The van der Waals surface area contributed by atoms with Crippen LogP contribution in [0.25, 0.3) is 0 Å². The SMILES string of the molecule is O=C(CSCc1csc(NC(=O)c2ccc(F)c(F)c2)n1)Nc1ccc(F)cc1. The Morgan fingerprint density at radius 3 is 2.48 bits per heavy atom. The van der Waals surface area contributed by atoms with Crippen molar-refractivity contribution in [2.24, 2.45) is 0 Å². The van der Waals surface area contributed by atoms with E-state index in [1.165, 1.54) is 53.4 Å². The third kappa shape index (κ3) is 6.06. The number of hydrogen-bond donors (Lipinski definition) is 2. The van der Waals surface area contributed by atoms with E-state index in [4.69, 9.17) is 0 Å². The van der Waals surface area contributed by atoms with Crippen LogP contribution < -0.4 is 10.6 Å². The molecule has 29 heavy (non-hydrogen) atoms. The number of carbonyl (C=O) groups excluding carboxylic acids is 2. The van der Waals surface area contributed by atoms with E-state index in [1.54, 1.807) is 5.38 Å². The molecule has 2 N–H and O–H groups in total. The Hall–Kier alpha value is -2.85. The summed E-state index contributed by atoms with van der Waals surface area (Å²) in [6.45, 7) is 0. The molecule has 0 aliphatic carbocycles. The molecule has 1 aromatic heterocycles. The first-order chi connectivity index (χ1) is 13.9. The smallest absolute Gasteiger partial charge is 0.257 e. The molecule has 3 aromatic rings. The summed E-state index contributed by atoms with van der Waals surface area (Å²) in [6.07, 6.45) is 0. The zero-order valence-electron chi connectivity index (χ0n) is 14.7. The van der Waals surface area contributed by atoms with Crippen molar-refractivity contribution in [2.75, 3.05) is 16.4 Å². The molecule has 2 amide bonds. The molecule has 0 atom stereocenters. The van der Waals surface area contributed by atoms with Gasteiger partial charge in [-0.05, 0) is 42.5 Å². The lowest BCUT2D eigenvalue weighted by Gasteiger charge is -2.04. The maximum atomic E-state index is 13.2.